The molecule has 3 heteroatoms. The number of hydrogen-bond acceptors (Lipinski definition) is 2. The molecule has 0 aliphatic heterocycles. The molecular formula is C12H23N3. The normalized spacial score (nSPS) is 13.4. The number of aryl methyl sites for hydroxylation is 1. The fourth-order valence-corrected chi connectivity index (χ4v) is 1.82. The average Bonchev–Trinajstić information content (AvgIpc) is 2.59. The predicted octanol–water partition coefficient (Wildman–Crippen LogP) is 2.39. The van der Waals surface area contributed by atoms with Crippen molar-refractivity contribution in [2.75, 3.05) is 13.1 Å². The third-order valence-corrected chi connectivity index (χ3v) is 2.77. The van der Waals surface area contributed by atoms with Crippen LogP contribution in [-0.2, 0) is 0 Å². The summed E-state index contributed by atoms with van der Waals surface area (Å²) in [5.74, 6) is 1.73. The van der Waals surface area contributed by atoms with Gasteiger partial charge in [-0.2, -0.15) is 0 Å². The molecule has 1 aromatic heterocycles. The third kappa shape index (κ3) is 3.34. The maximum atomic E-state index is 4.28. The molecule has 1 N–H and O–H groups in total. The van der Waals surface area contributed by atoms with Gasteiger partial charge in [-0.05, 0) is 25.8 Å². The van der Waals surface area contributed by atoms with E-state index in [0.29, 0.717) is 12.0 Å². The lowest BCUT2D eigenvalue weighted by Crippen LogP contribution is -2.29. The van der Waals surface area contributed by atoms with E-state index in [0.717, 1.165) is 18.9 Å². The van der Waals surface area contributed by atoms with Crippen molar-refractivity contribution in [3.05, 3.63) is 18.2 Å². The van der Waals surface area contributed by atoms with E-state index in [1.54, 1.807) is 0 Å². The molecule has 0 radical (unpaired) electrons. The van der Waals surface area contributed by atoms with E-state index in [4.69, 9.17) is 0 Å². The van der Waals surface area contributed by atoms with E-state index < -0.39 is 0 Å². The summed E-state index contributed by atoms with van der Waals surface area (Å²) in [4.78, 5) is 4.28. The molecule has 1 heterocycles. The van der Waals surface area contributed by atoms with Crippen LogP contribution in [0.1, 0.15) is 39.1 Å². The Kier molecular flexibility index (Phi) is 4.82. The molecule has 15 heavy (non-hydrogen) atoms. The van der Waals surface area contributed by atoms with Gasteiger partial charge in [0.05, 0.1) is 0 Å². The van der Waals surface area contributed by atoms with Crippen LogP contribution in [0.2, 0.25) is 0 Å². The largest absolute Gasteiger partial charge is 0.331 e. The van der Waals surface area contributed by atoms with Crippen LogP contribution in [0.4, 0.5) is 0 Å². The van der Waals surface area contributed by atoms with E-state index >= 15 is 0 Å². The Labute approximate surface area is 92.9 Å². The molecule has 3 nitrogen and oxygen atoms in total. The Bertz CT molecular complexity index is 278. The van der Waals surface area contributed by atoms with E-state index in [-0.39, 0.29) is 0 Å². The summed E-state index contributed by atoms with van der Waals surface area (Å²) in [5.41, 5.74) is 0. The van der Waals surface area contributed by atoms with Crippen LogP contribution >= 0.6 is 0 Å². The Morgan fingerprint density at radius 2 is 2.20 bits per heavy atom. The van der Waals surface area contributed by atoms with Crippen molar-refractivity contribution in [3.63, 3.8) is 0 Å². The highest BCUT2D eigenvalue weighted by Crippen LogP contribution is 2.18. The van der Waals surface area contributed by atoms with Crippen LogP contribution in [0.25, 0.3) is 0 Å². The molecule has 0 aromatic carbocycles. The van der Waals surface area contributed by atoms with Crippen molar-refractivity contribution < 1.29 is 0 Å². The minimum absolute atomic E-state index is 0.513. The first-order chi connectivity index (χ1) is 7.16. The van der Waals surface area contributed by atoms with Crippen LogP contribution in [-0.4, -0.2) is 22.6 Å². The Morgan fingerprint density at radius 1 is 1.47 bits per heavy atom. The number of nitrogens with zero attached hydrogens (tertiary/aromatic N) is 2. The fourth-order valence-electron chi connectivity index (χ4n) is 1.82. The van der Waals surface area contributed by atoms with Gasteiger partial charge in [0.15, 0.2) is 0 Å². The first kappa shape index (κ1) is 12.2. The quantitative estimate of drug-likeness (QED) is 0.729. The lowest BCUT2D eigenvalue weighted by atomic mass is 10.0. The number of aromatic nitrogens is 2. The van der Waals surface area contributed by atoms with Crippen molar-refractivity contribution in [2.24, 2.45) is 5.92 Å². The first-order valence-electron chi connectivity index (χ1n) is 5.87. The van der Waals surface area contributed by atoms with Crippen LogP contribution < -0.4 is 5.32 Å². The summed E-state index contributed by atoms with van der Waals surface area (Å²) in [7, 11) is 0. The van der Waals surface area contributed by atoms with E-state index in [2.05, 4.69) is 48.8 Å². The second-order valence-electron chi connectivity index (χ2n) is 4.40. The lowest BCUT2D eigenvalue weighted by molar-refractivity contribution is 0.351. The van der Waals surface area contributed by atoms with Crippen molar-refractivity contribution >= 4 is 0 Å². The zero-order valence-corrected chi connectivity index (χ0v) is 10.3. The summed E-state index contributed by atoms with van der Waals surface area (Å²) < 4.78 is 2.27. The molecule has 0 bridgehead atoms. The number of imidazole rings is 1. The SMILES string of the molecule is CCCNCC(C(C)C)n1ccnc1C. The van der Waals surface area contributed by atoms with Gasteiger partial charge < -0.3 is 9.88 Å². The third-order valence-electron chi connectivity index (χ3n) is 2.77. The molecule has 0 saturated heterocycles. The highest BCUT2D eigenvalue weighted by atomic mass is 15.1. The molecular weight excluding hydrogens is 186 g/mol. The average molecular weight is 209 g/mol. The summed E-state index contributed by atoms with van der Waals surface area (Å²) in [6, 6.07) is 0.513. The van der Waals surface area contributed by atoms with Gasteiger partial charge >= 0.3 is 0 Å². The van der Waals surface area contributed by atoms with E-state index in [9.17, 15) is 0 Å². The number of hydrogen-bond donors (Lipinski definition) is 1. The number of nitrogens with one attached hydrogen (secondary N) is 1. The molecule has 0 aliphatic carbocycles. The standard InChI is InChI=1S/C12H23N3/c1-5-6-13-9-12(10(2)3)15-8-7-14-11(15)4/h7-8,10,12-13H,5-6,9H2,1-4H3. The molecule has 0 amide bonds. The summed E-state index contributed by atoms with van der Waals surface area (Å²) in [6.45, 7) is 10.9. The smallest absolute Gasteiger partial charge is 0.105 e. The van der Waals surface area contributed by atoms with Crippen molar-refractivity contribution in [2.45, 2.75) is 40.2 Å². The maximum absolute atomic E-state index is 4.28. The first-order valence-corrected chi connectivity index (χ1v) is 5.87. The van der Waals surface area contributed by atoms with Gasteiger partial charge in [-0.3, -0.25) is 0 Å². The monoisotopic (exact) mass is 209 g/mol. The van der Waals surface area contributed by atoms with Gasteiger partial charge in [-0.1, -0.05) is 20.8 Å². The van der Waals surface area contributed by atoms with Crippen LogP contribution in [0.5, 0.6) is 0 Å². The van der Waals surface area contributed by atoms with Crippen molar-refractivity contribution in [1.29, 1.82) is 0 Å². The lowest BCUT2D eigenvalue weighted by Gasteiger charge is -2.24. The van der Waals surface area contributed by atoms with Gasteiger partial charge in [0.25, 0.3) is 0 Å². The van der Waals surface area contributed by atoms with Crippen molar-refractivity contribution in [3.8, 4) is 0 Å². The summed E-state index contributed by atoms with van der Waals surface area (Å²) in [5, 5.41) is 3.48. The molecule has 0 spiro atoms. The van der Waals surface area contributed by atoms with Gasteiger partial charge in [0, 0.05) is 25.0 Å². The summed E-state index contributed by atoms with van der Waals surface area (Å²) >= 11 is 0. The molecule has 1 rings (SSSR count). The Morgan fingerprint density at radius 3 is 2.67 bits per heavy atom. The summed E-state index contributed by atoms with van der Waals surface area (Å²) in [6.07, 6.45) is 5.14. The van der Waals surface area contributed by atoms with Crippen LogP contribution in [0.15, 0.2) is 12.4 Å². The maximum Gasteiger partial charge on any atom is 0.105 e. The molecule has 86 valence electrons. The minimum atomic E-state index is 0.513. The Balaban J connectivity index is 2.62. The van der Waals surface area contributed by atoms with Crippen LogP contribution in [0.3, 0.4) is 0 Å². The van der Waals surface area contributed by atoms with E-state index in [1.165, 1.54) is 6.42 Å². The Hall–Kier alpha value is -0.830. The highest BCUT2D eigenvalue weighted by molar-refractivity contribution is 4.93. The predicted molar refractivity (Wildman–Crippen MR) is 64.0 cm³/mol. The van der Waals surface area contributed by atoms with Gasteiger partial charge in [0.2, 0.25) is 0 Å². The minimum Gasteiger partial charge on any atom is -0.331 e. The second-order valence-corrected chi connectivity index (χ2v) is 4.40. The molecule has 1 atom stereocenters. The van der Waals surface area contributed by atoms with Gasteiger partial charge in [-0.15, -0.1) is 0 Å². The fraction of sp³-hybridized carbons (Fsp3) is 0.750. The number of rotatable bonds is 6. The van der Waals surface area contributed by atoms with Crippen LogP contribution in [0, 0.1) is 12.8 Å². The zero-order chi connectivity index (χ0) is 11.3. The van der Waals surface area contributed by atoms with E-state index in [1.807, 2.05) is 6.20 Å². The molecule has 0 fully saturated rings. The highest BCUT2D eigenvalue weighted by Gasteiger charge is 2.15. The molecule has 1 aromatic rings. The second kappa shape index (κ2) is 5.91. The molecule has 0 saturated carbocycles. The van der Waals surface area contributed by atoms with Crippen molar-refractivity contribution in [1.82, 2.24) is 14.9 Å². The molecule has 1 unspecified atom stereocenters. The topological polar surface area (TPSA) is 29.9 Å². The van der Waals surface area contributed by atoms with Gasteiger partial charge in [-0.25, -0.2) is 4.98 Å². The molecule has 0 aliphatic rings. The van der Waals surface area contributed by atoms with Gasteiger partial charge in [0.1, 0.15) is 5.82 Å². The zero-order valence-electron chi connectivity index (χ0n) is 10.3.